The normalized spacial score (nSPS) is 11.1. The van der Waals surface area contributed by atoms with Gasteiger partial charge in [0.2, 0.25) is 0 Å². The predicted molar refractivity (Wildman–Crippen MR) is 70.8 cm³/mol. The molecule has 0 atom stereocenters. The average Bonchev–Trinajstić information content (AvgIpc) is 2.28. The van der Waals surface area contributed by atoms with Crippen LogP contribution in [0, 0.1) is 0 Å². The van der Waals surface area contributed by atoms with E-state index in [2.05, 4.69) is 5.32 Å². The molecule has 0 aromatic heterocycles. The maximum atomic E-state index is 12.0. The van der Waals surface area contributed by atoms with Gasteiger partial charge in [-0.25, -0.2) is 0 Å². The Morgan fingerprint density at radius 1 is 1.39 bits per heavy atom. The molecular formula is C13H20N2O3. The molecule has 5 heteroatoms. The minimum atomic E-state index is -0.430. The molecule has 100 valence electrons. The summed E-state index contributed by atoms with van der Waals surface area (Å²) in [6, 6.07) is 4.94. The van der Waals surface area contributed by atoms with E-state index < -0.39 is 5.54 Å². The van der Waals surface area contributed by atoms with Crippen molar-refractivity contribution in [2.45, 2.75) is 19.4 Å². The van der Waals surface area contributed by atoms with Crippen molar-refractivity contribution in [3.8, 4) is 5.75 Å². The molecular weight excluding hydrogens is 232 g/mol. The summed E-state index contributed by atoms with van der Waals surface area (Å²) in [6.07, 6.45) is 0. The summed E-state index contributed by atoms with van der Waals surface area (Å²) in [4.78, 5) is 12.0. The highest BCUT2D eigenvalue weighted by Gasteiger charge is 2.21. The summed E-state index contributed by atoms with van der Waals surface area (Å²) in [6.45, 7) is 4.22. The van der Waals surface area contributed by atoms with Gasteiger partial charge in [-0.05, 0) is 32.0 Å². The number of rotatable bonds is 5. The molecule has 0 unspecified atom stereocenters. The van der Waals surface area contributed by atoms with Crippen LogP contribution in [0.2, 0.25) is 0 Å². The minimum Gasteiger partial charge on any atom is -0.495 e. The van der Waals surface area contributed by atoms with Gasteiger partial charge in [0.15, 0.2) is 0 Å². The monoisotopic (exact) mass is 252 g/mol. The summed E-state index contributed by atoms with van der Waals surface area (Å²) in [5.74, 6) is 0.370. The second kappa shape index (κ2) is 5.73. The van der Waals surface area contributed by atoms with Crippen molar-refractivity contribution in [3.05, 3.63) is 23.8 Å². The highest BCUT2D eigenvalue weighted by Crippen LogP contribution is 2.22. The number of benzene rings is 1. The summed E-state index contributed by atoms with van der Waals surface area (Å²) < 4.78 is 10.1. The fraction of sp³-hybridized carbons (Fsp3) is 0.462. The zero-order valence-electron chi connectivity index (χ0n) is 11.2. The maximum Gasteiger partial charge on any atom is 0.251 e. The first-order valence-corrected chi connectivity index (χ1v) is 5.64. The lowest BCUT2D eigenvalue weighted by atomic mass is 10.1. The molecule has 0 aliphatic carbocycles. The van der Waals surface area contributed by atoms with Crippen molar-refractivity contribution in [2.75, 3.05) is 26.6 Å². The van der Waals surface area contributed by atoms with Crippen LogP contribution in [-0.2, 0) is 4.74 Å². The molecule has 1 rings (SSSR count). The molecule has 0 fully saturated rings. The van der Waals surface area contributed by atoms with Crippen molar-refractivity contribution < 1.29 is 14.3 Å². The van der Waals surface area contributed by atoms with Gasteiger partial charge in [0.25, 0.3) is 5.91 Å². The van der Waals surface area contributed by atoms with Crippen molar-refractivity contribution in [1.82, 2.24) is 5.32 Å². The summed E-state index contributed by atoms with van der Waals surface area (Å²) in [5.41, 5.74) is 6.27. The van der Waals surface area contributed by atoms with Gasteiger partial charge in [-0.2, -0.15) is 0 Å². The molecule has 0 aliphatic rings. The molecule has 1 aromatic carbocycles. The third-order valence-electron chi connectivity index (χ3n) is 2.45. The number of hydrogen-bond acceptors (Lipinski definition) is 4. The predicted octanol–water partition coefficient (Wildman–Crippen LogP) is 1.43. The van der Waals surface area contributed by atoms with Crippen molar-refractivity contribution in [2.24, 2.45) is 0 Å². The molecule has 1 aromatic rings. The van der Waals surface area contributed by atoms with E-state index >= 15 is 0 Å². The Kier molecular flexibility index (Phi) is 4.55. The number of nitrogens with one attached hydrogen (secondary N) is 1. The highest BCUT2D eigenvalue weighted by atomic mass is 16.5. The molecule has 0 saturated heterocycles. The minimum absolute atomic E-state index is 0.189. The van der Waals surface area contributed by atoms with Crippen molar-refractivity contribution >= 4 is 11.6 Å². The zero-order chi connectivity index (χ0) is 13.8. The van der Waals surface area contributed by atoms with Gasteiger partial charge in [-0.15, -0.1) is 0 Å². The standard InChI is InChI=1S/C13H20N2O3/c1-13(2,8-17-3)15-12(16)9-5-6-11(18-4)10(14)7-9/h5-7H,8,14H2,1-4H3,(H,15,16). The quantitative estimate of drug-likeness (QED) is 0.777. The van der Waals surface area contributed by atoms with Crippen molar-refractivity contribution in [1.29, 1.82) is 0 Å². The van der Waals surface area contributed by atoms with Gasteiger partial charge in [-0.1, -0.05) is 0 Å². The van der Waals surface area contributed by atoms with E-state index in [1.54, 1.807) is 25.3 Å². The second-order valence-corrected chi connectivity index (χ2v) is 4.73. The number of carbonyl (C=O) groups excluding carboxylic acids is 1. The number of anilines is 1. The van der Waals surface area contributed by atoms with Crippen molar-refractivity contribution in [3.63, 3.8) is 0 Å². The third kappa shape index (κ3) is 3.63. The zero-order valence-corrected chi connectivity index (χ0v) is 11.2. The Labute approximate surface area is 107 Å². The summed E-state index contributed by atoms with van der Waals surface area (Å²) in [7, 11) is 3.13. The fourth-order valence-corrected chi connectivity index (χ4v) is 1.65. The summed E-state index contributed by atoms with van der Waals surface area (Å²) >= 11 is 0. The molecule has 0 spiro atoms. The van der Waals surface area contributed by atoms with E-state index in [1.165, 1.54) is 7.11 Å². The fourth-order valence-electron chi connectivity index (χ4n) is 1.65. The SMILES string of the molecule is COCC(C)(C)NC(=O)c1ccc(OC)c(N)c1. The first kappa shape index (κ1) is 14.3. The number of nitrogen functional groups attached to an aromatic ring is 1. The molecule has 0 saturated carbocycles. The van der Waals surface area contributed by atoms with Crippen LogP contribution in [0.1, 0.15) is 24.2 Å². The van der Waals surface area contributed by atoms with Crippen LogP contribution in [0.5, 0.6) is 5.75 Å². The Morgan fingerprint density at radius 3 is 2.56 bits per heavy atom. The van der Waals surface area contributed by atoms with Crippen LogP contribution < -0.4 is 15.8 Å². The number of ether oxygens (including phenoxy) is 2. The van der Waals surface area contributed by atoms with Gasteiger partial charge in [0.1, 0.15) is 5.75 Å². The highest BCUT2D eigenvalue weighted by molar-refractivity contribution is 5.95. The first-order chi connectivity index (χ1) is 8.39. The Hall–Kier alpha value is -1.75. The molecule has 5 nitrogen and oxygen atoms in total. The van der Waals surface area contributed by atoms with Gasteiger partial charge < -0.3 is 20.5 Å². The van der Waals surface area contributed by atoms with Crippen LogP contribution in [0.4, 0.5) is 5.69 Å². The van der Waals surface area contributed by atoms with E-state index in [9.17, 15) is 4.79 Å². The second-order valence-electron chi connectivity index (χ2n) is 4.73. The smallest absolute Gasteiger partial charge is 0.251 e. The van der Waals surface area contributed by atoms with Crippen LogP contribution in [0.3, 0.4) is 0 Å². The Balaban J connectivity index is 2.82. The molecule has 0 radical (unpaired) electrons. The lowest BCUT2D eigenvalue weighted by Crippen LogP contribution is -2.46. The van der Waals surface area contributed by atoms with E-state index in [0.717, 1.165) is 0 Å². The van der Waals surface area contributed by atoms with Crippen LogP contribution in [0.25, 0.3) is 0 Å². The largest absolute Gasteiger partial charge is 0.495 e. The van der Waals surface area contributed by atoms with Gasteiger partial charge in [0.05, 0.1) is 24.9 Å². The van der Waals surface area contributed by atoms with E-state index in [0.29, 0.717) is 23.6 Å². The number of methoxy groups -OCH3 is 2. The van der Waals surface area contributed by atoms with E-state index in [1.807, 2.05) is 13.8 Å². The summed E-state index contributed by atoms with van der Waals surface area (Å²) in [5, 5.41) is 2.88. The van der Waals surface area contributed by atoms with Crippen LogP contribution >= 0.6 is 0 Å². The van der Waals surface area contributed by atoms with Gasteiger partial charge in [-0.3, -0.25) is 4.79 Å². The average molecular weight is 252 g/mol. The molecule has 18 heavy (non-hydrogen) atoms. The molecule has 3 N–H and O–H groups in total. The first-order valence-electron chi connectivity index (χ1n) is 5.64. The third-order valence-corrected chi connectivity index (χ3v) is 2.45. The molecule has 0 aliphatic heterocycles. The van der Waals surface area contributed by atoms with Gasteiger partial charge in [0, 0.05) is 12.7 Å². The Bertz CT molecular complexity index is 430. The number of nitrogens with two attached hydrogens (primary N) is 1. The number of hydrogen-bond donors (Lipinski definition) is 2. The molecule has 0 bridgehead atoms. The Morgan fingerprint density at radius 2 is 2.06 bits per heavy atom. The lowest BCUT2D eigenvalue weighted by Gasteiger charge is -2.25. The van der Waals surface area contributed by atoms with Crippen LogP contribution in [-0.4, -0.2) is 32.3 Å². The van der Waals surface area contributed by atoms with E-state index in [4.69, 9.17) is 15.2 Å². The number of carbonyl (C=O) groups is 1. The number of amides is 1. The van der Waals surface area contributed by atoms with Crippen LogP contribution in [0.15, 0.2) is 18.2 Å². The maximum absolute atomic E-state index is 12.0. The molecule has 0 heterocycles. The molecule has 1 amide bonds. The van der Waals surface area contributed by atoms with E-state index in [-0.39, 0.29) is 5.91 Å². The van der Waals surface area contributed by atoms with Gasteiger partial charge >= 0.3 is 0 Å². The lowest BCUT2D eigenvalue weighted by molar-refractivity contribution is 0.0820. The topological polar surface area (TPSA) is 73.6 Å².